The molecule has 0 radical (unpaired) electrons. The molecule has 4 heteroatoms. The van der Waals surface area contributed by atoms with E-state index in [2.05, 4.69) is 25.0 Å². The molecule has 3 rings (SSSR count). The zero-order valence-corrected chi connectivity index (χ0v) is 13.6. The highest BCUT2D eigenvalue weighted by Crippen LogP contribution is 2.33. The van der Waals surface area contributed by atoms with Crippen molar-refractivity contribution < 1.29 is 4.74 Å². The number of ether oxygens (including phenoxy) is 1. The number of halogens is 1. The fourth-order valence-corrected chi connectivity index (χ4v) is 3.50. The van der Waals surface area contributed by atoms with Crippen LogP contribution in [0.15, 0.2) is 12.3 Å². The van der Waals surface area contributed by atoms with Crippen molar-refractivity contribution in [2.75, 3.05) is 6.61 Å². The van der Waals surface area contributed by atoms with Crippen molar-refractivity contribution in [1.29, 1.82) is 0 Å². The van der Waals surface area contributed by atoms with Crippen molar-refractivity contribution in [3.05, 3.63) is 28.4 Å². The predicted molar refractivity (Wildman–Crippen MR) is 86.9 cm³/mol. The molecule has 1 fully saturated rings. The van der Waals surface area contributed by atoms with Crippen LogP contribution in [0.2, 0.25) is 5.02 Å². The van der Waals surface area contributed by atoms with Gasteiger partial charge in [-0.1, -0.05) is 24.9 Å². The first kappa shape index (κ1) is 14.9. The normalized spacial score (nSPS) is 19.3. The maximum atomic E-state index is 6.53. The Balaban J connectivity index is 2.02. The summed E-state index contributed by atoms with van der Waals surface area (Å²) < 4.78 is 7.87. The summed E-state index contributed by atoms with van der Waals surface area (Å²) in [6, 6.07) is 2.07. The van der Waals surface area contributed by atoms with Crippen LogP contribution in [0.4, 0.5) is 0 Å². The van der Waals surface area contributed by atoms with E-state index >= 15 is 0 Å². The molecule has 1 atom stereocenters. The average molecular weight is 307 g/mol. The van der Waals surface area contributed by atoms with Crippen LogP contribution in [0.1, 0.15) is 56.4 Å². The molecule has 1 unspecified atom stereocenters. The second-order valence-electron chi connectivity index (χ2n) is 5.91. The monoisotopic (exact) mass is 306 g/mol. The van der Waals surface area contributed by atoms with Crippen molar-refractivity contribution in [2.24, 2.45) is 0 Å². The summed E-state index contributed by atoms with van der Waals surface area (Å²) in [5.74, 6) is 0. The molecule has 1 aliphatic heterocycles. The maximum absolute atomic E-state index is 6.53. The van der Waals surface area contributed by atoms with Gasteiger partial charge in [0.15, 0.2) is 6.23 Å². The molecule has 0 saturated carbocycles. The van der Waals surface area contributed by atoms with Crippen LogP contribution < -0.4 is 0 Å². The Bertz CT molecular complexity index is 629. The quantitative estimate of drug-likeness (QED) is 0.791. The van der Waals surface area contributed by atoms with Crippen LogP contribution in [-0.2, 0) is 11.2 Å². The van der Waals surface area contributed by atoms with E-state index in [1.54, 1.807) is 0 Å². The molecule has 0 N–H and O–H groups in total. The number of fused-ring (bicyclic) bond motifs is 1. The van der Waals surface area contributed by atoms with Gasteiger partial charge in [-0.3, -0.25) is 0 Å². The molecular weight excluding hydrogens is 284 g/mol. The Labute approximate surface area is 131 Å². The highest BCUT2D eigenvalue weighted by atomic mass is 35.5. The van der Waals surface area contributed by atoms with Gasteiger partial charge >= 0.3 is 0 Å². The van der Waals surface area contributed by atoms with Crippen LogP contribution in [-0.4, -0.2) is 16.4 Å². The first-order valence-electron chi connectivity index (χ1n) is 7.99. The largest absolute Gasteiger partial charge is 0.356 e. The van der Waals surface area contributed by atoms with Gasteiger partial charge in [0.25, 0.3) is 0 Å². The first-order chi connectivity index (χ1) is 10.2. The number of aromatic nitrogens is 2. The van der Waals surface area contributed by atoms with Crippen molar-refractivity contribution in [2.45, 2.75) is 58.6 Å². The Morgan fingerprint density at radius 1 is 1.43 bits per heavy atom. The van der Waals surface area contributed by atoms with Gasteiger partial charge in [-0.2, -0.15) is 5.10 Å². The van der Waals surface area contributed by atoms with E-state index in [4.69, 9.17) is 16.3 Å². The molecule has 0 bridgehead atoms. The second kappa shape index (κ2) is 6.37. The van der Waals surface area contributed by atoms with Gasteiger partial charge in [0, 0.05) is 17.0 Å². The topological polar surface area (TPSA) is 27.1 Å². The lowest BCUT2D eigenvalue weighted by atomic mass is 10.00. The van der Waals surface area contributed by atoms with E-state index in [1.807, 2.05) is 10.9 Å². The van der Waals surface area contributed by atoms with E-state index in [-0.39, 0.29) is 6.23 Å². The van der Waals surface area contributed by atoms with Crippen molar-refractivity contribution >= 4 is 22.5 Å². The lowest BCUT2D eigenvalue weighted by Crippen LogP contribution is -2.19. The standard InChI is InChI=1S/C17H23ClN2O/c1-3-4-7-13-12(2)14-11-19-20(16(14)10-15(13)18)17-8-5-6-9-21-17/h10-11,17H,3-9H2,1-2H3. The van der Waals surface area contributed by atoms with Crippen molar-refractivity contribution in [3.63, 3.8) is 0 Å². The molecule has 0 spiro atoms. The van der Waals surface area contributed by atoms with Crippen LogP contribution >= 0.6 is 11.6 Å². The molecule has 1 saturated heterocycles. The van der Waals surface area contributed by atoms with Gasteiger partial charge < -0.3 is 4.74 Å². The van der Waals surface area contributed by atoms with Gasteiger partial charge in [-0.25, -0.2) is 4.68 Å². The minimum Gasteiger partial charge on any atom is -0.356 e. The van der Waals surface area contributed by atoms with Crippen LogP contribution in [0.25, 0.3) is 10.9 Å². The predicted octanol–water partition coefficient (Wildman–Crippen LogP) is 5.04. The highest BCUT2D eigenvalue weighted by Gasteiger charge is 2.20. The summed E-state index contributed by atoms with van der Waals surface area (Å²) in [6.45, 7) is 5.19. The molecule has 1 aromatic carbocycles. The molecule has 1 aromatic heterocycles. The minimum atomic E-state index is 0.0632. The zero-order chi connectivity index (χ0) is 14.8. The van der Waals surface area contributed by atoms with Crippen molar-refractivity contribution in [1.82, 2.24) is 9.78 Å². The van der Waals surface area contributed by atoms with Gasteiger partial charge in [0.05, 0.1) is 11.7 Å². The van der Waals surface area contributed by atoms with E-state index in [0.29, 0.717) is 0 Å². The van der Waals surface area contributed by atoms with Gasteiger partial charge in [0.2, 0.25) is 0 Å². The fraction of sp³-hybridized carbons (Fsp3) is 0.588. The third kappa shape index (κ3) is 2.82. The minimum absolute atomic E-state index is 0.0632. The number of benzene rings is 1. The van der Waals surface area contributed by atoms with E-state index < -0.39 is 0 Å². The second-order valence-corrected chi connectivity index (χ2v) is 6.32. The molecule has 2 heterocycles. The van der Waals surface area contributed by atoms with Crippen LogP contribution in [0.5, 0.6) is 0 Å². The molecule has 0 amide bonds. The molecule has 21 heavy (non-hydrogen) atoms. The number of hydrogen-bond acceptors (Lipinski definition) is 2. The zero-order valence-electron chi connectivity index (χ0n) is 12.9. The van der Waals surface area contributed by atoms with Crippen LogP contribution in [0.3, 0.4) is 0 Å². The summed E-state index contributed by atoms with van der Waals surface area (Å²) in [5.41, 5.74) is 3.65. The summed E-state index contributed by atoms with van der Waals surface area (Å²) in [6.07, 6.45) is 8.81. The Morgan fingerprint density at radius 2 is 2.29 bits per heavy atom. The van der Waals surface area contributed by atoms with E-state index in [0.717, 1.165) is 36.4 Å². The Kier molecular flexibility index (Phi) is 4.51. The first-order valence-corrected chi connectivity index (χ1v) is 8.37. The summed E-state index contributed by atoms with van der Waals surface area (Å²) >= 11 is 6.53. The molecular formula is C17H23ClN2O. The number of aryl methyl sites for hydroxylation is 1. The number of hydrogen-bond donors (Lipinski definition) is 0. The molecule has 114 valence electrons. The summed E-state index contributed by atoms with van der Waals surface area (Å²) in [5, 5.41) is 6.65. The smallest absolute Gasteiger partial charge is 0.150 e. The van der Waals surface area contributed by atoms with Crippen molar-refractivity contribution in [3.8, 4) is 0 Å². The third-order valence-electron chi connectivity index (χ3n) is 4.45. The van der Waals surface area contributed by atoms with E-state index in [1.165, 1.54) is 35.8 Å². The van der Waals surface area contributed by atoms with Gasteiger partial charge in [0.1, 0.15) is 0 Å². The Morgan fingerprint density at radius 3 is 3.00 bits per heavy atom. The van der Waals surface area contributed by atoms with Crippen LogP contribution in [0, 0.1) is 6.92 Å². The van der Waals surface area contributed by atoms with Gasteiger partial charge in [-0.15, -0.1) is 0 Å². The molecule has 1 aliphatic rings. The molecule has 2 aromatic rings. The molecule has 3 nitrogen and oxygen atoms in total. The highest BCUT2D eigenvalue weighted by molar-refractivity contribution is 6.32. The average Bonchev–Trinajstić information content (AvgIpc) is 2.92. The maximum Gasteiger partial charge on any atom is 0.150 e. The lowest BCUT2D eigenvalue weighted by Gasteiger charge is -2.23. The number of rotatable bonds is 4. The molecule has 0 aliphatic carbocycles. The van der Waals surface area contributed by atoms with E-state index in [9.17, 15) is 0 Å². The fourth-order valence-electron chi connectivity index (χ4n) is 3.16. The lowest BCUT2D eigenvalue weighted by molar-refractivity contribution is -0.0366. The number of unbranched alkanes of at least 4 members (excludes halogenated alkanes) is 1. The number of nitrogens with zero attached hydrogens (tertiary/aromatic N) is 2. The van der Waals surface area contributed by atoms with Gasteiger partial charge in [-0.05, 0) is 56.2 Å². The Hall–Kier alpha value is -1.06. The SMILES string of the molecule is CCCCc1c(Cl)cc2c(cnn2C2CCCCO2)c1C. The summed E-state index contributed by atoms with van der Waals surface area (Å²) in [7, 11) is 0. The summed E-state index contributed by atoms with van der Waals surface area (Å²) in [4.78, 5) is 0. The third-order valence-corrected chi connectivity index (χ3v) is 4.79.